The third-order valence-corrected chi connectivity index (χ3v) is 1.50. The van der Waals surface area contributed by atoms with Crippen LogP contribution in [0.25, 0.3) is 0 Å². The van der Waals surface area contributed by atoms with Crippen LogP contribution in [0.1, 0.15) is 5.56 Å². The van der Waals surface area contributed by atoms with Gasteiger partial charge in [0.15, 0.2) is 0 Å². The predicted octanol–water partition coefficient (Wildman–Crippen LogP) is -0.173. The lowest BCUT2D eigenvalue weighted by Crippen LogP contribution is -2.06. The van der Waals surface area contributed by atoms with Crippen LogP contribution in [0, 0.1) is 17.7 Å². The zero-order chi connectivity index (χ0) is 10.7. The quantitative estimate of drug-likeness (QED) is 0.394. The molecule has 0 bridgehead atoms. The number of halogens is 1. The van der Waals surface area contributed by atoms with E-state index < -0.39 is 11.7 Å². The number of anilines is 2. The van der Waals surface area contributed by atoms with Gasteiger partial charge >= 0.3 is 0 Å². The number of carbonyl (C=O) groups excluding carboxylic acids is 1. The van der Waals surface area contributed by atoms with Crippen molar-refractivity contribution in [1.82, 2.24) is 0 Å². The van der Waals surface area contributed by atoms with Crippen LogP contribution in [0.2, 0.25) is 0 Å². The molecule has 6 N–H and O–H groups in total. The highest BCUT2D eigenvalue weighted by atomic mass is 19.1. The molecule has 0 atom stereocenters. The molecule has 0 aromatic heterocycles. The van der Waals surface area contributed by atoms with E-state index in [2.05, 4.69) is 5.92 Å². The molecule has 0 heterocycles. The molecule has 14 heavy (non-hydrogen) atoms. The summed E-state index contributed by atoms with van der Waals surface area (Å²) in [5, 5.41) is 0. The standard InChI is InChI=1S/C9H8FN3O/c10-6-3-5(1-2-8(12)14)9(13)7(11)4-6/h3-4H,11,13H2,(H2,12,14). The summed E-state index contributed by atoms with van der Waals surface area (Å²) in [7, 11) is 0. The van der Waals surface area contributed by atoms with Gasteiger partial charge in [0.1, 0.15) is 5.82 Å². The SMILES string of the molecule is NC(=O)C#Cc1cc(F)cc(N)c1N. The van der Waals surface area contributed by atoms with Gasteiger partial charge in [-0.1, -0.05) is 5.92 Å². The smallest absolute Gasteiger partial charge is 0.293 e. The molecule has 0 aliphatic heterocycles. The van der Waals surface area contributed by atoms with Gasteiger partial charge in [-0.2, -0.15) is 0 Å². The first-order chi connectivity index (χ1) is 6.50. The van der Waals surface area contributed by atoms with Gasteiger partial charge in [-0.25, -0.2) is 4.39 Å². The minimum Gasteiger partial charge on any atom is -0.397 e. The molecule has 0 unspecified atom stereocenters. The van der Waals surface area contributed by atoms with Crippen molar-refractivity contribution in [3.8, 4) is 11.8 Å². The van der Waals surface area contributed by atoms with Gasteiger partial charge in [-0.3, -0.25) is 4.79 Å². The second kappa shape index (κ2) is 3.66. The summed E-state index contributed by atoms with van der Waals surface area (Å²) in [6, 6.07) is 2.16. The largest absolute Gasteiger partial charge is 0.397 e. The molecule has 72 valence electrons. The lowest BCUT2D eigenvalue weighted by atomic mass is 10.1. The van der Waals surface area contributed by atoms with Crippen molar-refractivity contribution < 1.29 is 9.18 Å². The maximum Gasteiger partial charge on any atom is 0.293 e. The van der Waals surface area contributed by atoms with E-state index in [4.69, 9.17) is 17.2 Å². The normalized spacial score (nSPS) is 8.93. The zero-order valence-electron chi connectivity index (χ0n) is 7.17. The van der Waals surface area contributed by atoms with E-state index in [0.717, 1.165) is 12.1 Å². The van der Waals surface area contributed by atoms with Crippen LogP contribution in [0.4, 0.5) is 15.8 Å². The summed E-state index contributed by atoms with van der Waals surface area (Å²) >= 11 is 0. The van der Waals surface area contributed by atoms with Crippen LogP contribution in [0.5, 0.6) is 0 Å². The molecular weight excluding hydrogens is 185 g/mol. The van der Waals surface area contributed by atoms with Crippen LogP contribution in [-0.2, 0) is 4.79 Å². The molecule has 1 amide bonds. The van der Waals surface area contributed by atoms with Gasteiger partial charge in [-0.05, 0) is 12.1 Å². The highest BCUT2D eigenvalue weighted by Crippen LogP contribution is 2.20. The van der Waals surface area contributed by atoms with Crippen LogP contribution >= 0.6 is 0 Å². The average Bonchev–Trinajstić information content (AvgIpc) is 2.08. The maximum absolute atomic E-state index is 12.8. The van der Waals surface area contributed by atoms with E-state index in [1.54, 1.807) is 0 Å². The number of hydrogen-bond donors (Lipinski definition) is 3. The van der Waals surface area contributed by atoms with E-state index in [1.165, 1.54) is 0 Å². The minimum absolute atomic E-state index is 0.0822. The van der Waals surface area contributed by atoms with Crippen molar-refractivity contribution in [1.29, 1.82) is 0 Å². The third-order valence-electron chi connectivity index (χ3n) is 1.50. The lowest BCUT2D eigenvalue weighted by molar-refractivity contribution is -0.112. The first kappa shape index (κ1) is 9.86. The number of amides is 1. The van der Waals surface area contributed by atoms with Gasteiger partial charge in [0.25, 0.3) is 5.91 Å². The van der Waals surface area contributed by atoms with Gasteiger partial charge in [0.2, 0.25) is 0 Å². The lowest BCUT2D eigenvalue weighted by Gasteiger charge is -2.02. The van der Waals surface area contributed by atoms with Crippen LogP contribution in [0.3, 0.4) is 0 Å². The first-order valence-electron chi connectivity index (χ1n) is 3.66. The fraction of sp³-hybridized carbons (Fsp3) is 0. The van der Waals surface area contributed by atoms with E-state index in [1.807, 2.05) is 5.92 Å². The number of hydrogen-bond acceptors (Lipinski definition) is 3. The second-order valence-corrected chi connectivity index (χ2v) is 2.57. The molecule has 1 aromatic rings. The Balaban J connectivity index is 3.23. The van der Waals surface area contributed by atoms with Crippen molar-refractivity contribution >= 4 is 17.3 Å². The van der Waals surface area contributed by atoms with Gasteiger partial charge in [0, 0.05) is 5.92 Å². The number of primary amides is 1. The summed E-state index contributed by atoms with van der Waals surface area (Å²) in [6.45, 7) is 0. The summed E-state index contributed by atoms with van der Waals surface area (Å²) in [6.07, 6.45) is 0. The Hall–Kier alpha value is -2.22. The Labute approximate surface area is 79.9 Å². The van der Waals surface area contributed by atoms with Crippen molar-refractivity contribution in [2.24, 2.45) is 5.73 Å². The topological polar surface area (TPSA) is 95.1 Å². The fourth-order valence-corrected chi connectivity index (χ4v) is 0.871. The molecule has 0 aliphatic carbocycles. The molecule has 0 spiro atoms. The molecule has 0 saturated heterocycles. The molecule has 0 radical (unpaired) electrons. The van der Waals surface area contributed by atoms with Crippen molar-refractivity contribution in [2.75, 3.05) is 11.5 Å². The zero-order valence-corrected chi connectivity index (χ0v) is 7.17. The molecule has 0 fully saturated rings. The Kier molecular flexibility index (Phi) is 2.58. The van der Waals surface area contributed by atoms with Crippen LogP contribution < -0.4 is 17.2 Å². The minimum atomic E-state index is -0.813. The van der Waals surface area contributed by atoms with E-state index >= 15 is 0 Å². The molecule has 1 aromatic carbocycles. The van der Waals surface area contributed by atoms with Crippen molar-refractivity contribution in [2.45, 2.75) is 0 Å². The van der Waals surface area contributed by atoms with Gasteiger partial charge < -0.3 is 17.2 Å². The Morgan fingerprint density at radius 2 is 2.00 bits per heavy atom. The highest BCUT2D eigenvalue weighted by molar-refractivity contribution is 5.93. The summed E-state index contributed by atoms with van der Waals surface area (Å²) < 4.78 is 12.8. The number of benzene rings is 1. The molecular formula is C9H8FN3O. The molecule has 4 nitrogen and oxygen atoms in total. The van der Waals surface area contributed by atoms with Crippen LogP contribution in [-0.4, -0.2) is 5.91 Å². The van der Waals surface area contributed by atoms with Gasteiger partial charge in [0.05, 0.1) is 16.9 Å². The maximum atomic E-state index is 12.8. The Morgan fingerprint density at radius 3 is 2.57 bits per heavy atom. The Bertz CT molecular complexity index is 445. The monoisotopic (exact) mass is 193 g/mol. The number of rotatable bonds is 0. The first-order valence-corrected chi connectivity index (χ1v) is 3.66. The summed E-state index contributed by atoms with van der Waals surface area (Å²) in [5.74, 6) is 2.99. The van der Waals surface area contributed by atoms with E-state index in [9.17, 15) is 9.18 Å². The third kappa shape index (κ3) is 2.14. The average molecular weight is 193 g/mol. The molecule has 5 heteroatoms. The predicted molar refractivity (Wildman–Crippen MR) is 51.3 cm³/mol. The molecule has 1 rings (SSSR count). The van der Waals surface area contributed by atoms with E-state index in [0.29, 0.717) is 0 Å². The number of nitrogens with two attached hydrogens (primary N) is 3. The van der Waals surface area contributed by atoms with E-state index in [-0.39, 0.29) is 16.9 Å². The van der Waals surface area contributed by atoms with Crippen molar-refractivity contribution in [3.63, 3.8) is 0 Å². The summed E-state index contributed by atoms with van der Waals surface area (Å²) in [4.78, 5) is 10.3. The second-order valence-electron chi connectivity index (χ2n) is 2.57. The summed E-state index contributed by atoms with van der Waals surface area (Å²) in [5.41, 5.74) is 16.0. The molecule has 0 aliphatic rings. The number of carbonyl (C=O) groups is 1. The van der Waals surface area contributed by atoms with Crippen LogP contribution in [0.15, 0.2) is 12.1 Å². The number of nitrogen functional groups attached to an aromatic ring is 2. The fourth-order valence-electron chi connectivity index (χ4n) is 0.871. The highest BCUT2D eigenvalue weighted by Gasteiger charge is 2.03. The van der Waals surface area contributed by atoms with Gasteiger partial charge in [-0.15, -0.1) is 0 Å². The molecule has 0 saturated carbocycles. The van der Waals surface area contributed by atoms with Crippen molar-refractivity contribution in [3.05, 3.63) is 23.5 Å². The Morgan fingerprint density at radius 1 is 1.36 bits per heavy atom.